The predicted octanol–water partition coefficient (Wildman–Crippen LogP) is 5.96. The van der Waals surface area contributed by atoms with Crippen LogP contribution in [0, 0.1) is 11.8 Å². The van der Waals surface area contributed by atoms with E-state index in [0.29, 0.717) is 30.9 Å². The molecule has 1 aliphatic carbocycles. The van der Waals surface area contributed by atoms with Gasteiger partial charge >= 0.3 is 11.9 Å². The molecule has 166 valence electrons. The highest BCUT2D eigenvalue weighted by molar-refractivity contribution is 5.84. The molecule has 3 rings (SSSR count). The van der Waals surface area contributed by atoms with Crippen molar-refractivity contribution >= 4 is 11.9 Å². The monoisotopic (exact) mass is 424 g/mol. The van der Waals surface area contributed by atoms with E-state index in [0.717, 1.165) is 25.0 Å². The average molecular weight is 425 g/mol. The second kappa shape index (κ2) is 12.1. The summed E-state index contributed by atoms with van der Waals surface area (Å²) in [6.07, 6.45) is 7.70. The quantitative estimate of drug-likeness (QED) is 0.267. The number of hydrogen-bond donors (Lipinski definition) is 0. The van der Waals surface area contributed by atoms with Gasteiger partial charge in [0.1, 0.15) is 17.2 Å². The molecule has 2 atom stereocenters. The van der Waals surface area contributed by atoms with Crippen molar-refractivity contribution in [2.24, 2.45) is 11.8 Å². The van der Waals surface area contributed by atoms with Crippen LogP contribution in [-0.2, 0) is 9.59 Å². The molecule has 0 spiro atoms. The number of unbranched alkanes of at least 4 members (excludes halogenated alkanes) is 3. The summed E-state index contributed by atoms with van der Waals surface area (Å²) >= 11 is 0. The maximum atomic E-state index is 12.8. The van der Waals surface area contributed by atoms with Crippen molar-refractivity contribution in [2.45, 2.75) is 58.3 Å². The number of para-hydroxylation sites is 1. The number of carbonyl (C=O) groups excluding carboxylic acids is 2. The van der Waals surface area contributed by atoms with Gasteiger partial charge < -0.3 is 14.2 Å². The minimum atomic E-state index is -0.487. The van der Waals surface area contributed by atoms with E-state index < -0.39 is 11.8 Å². The summed E-state index contributed by atoms with van der Waals surface area (Å²) in [7, 11) is 0. The summed E-state index contributed by atoms with van der Waals surface area (Å²) in [5, 5.41) is 0. The van der Waals surface area contributed by atoms with Crippen LogP contribution in [0.3, 0.4) is 0 Å². The number of ether oxygens (including phenoxy) is 3. The first kappa shape index (κ1) is 22.9. The molecule has 31 heavy (non-hydrogen) atoms. The summed E-state index contributed by atoms with van der Waals surface area (Å²) in [4.78, 5) is 25.5. The highest BCUT2D eigenvalue weighted by Crippen LogP contribution is 2.33. The highest BCUT2D eigenvalue weighted by atomic mass is 16.5. The van der Waals surface area contributed by atoms with E-state index in [1.54, 1.807) is 24.3 Å². The van der Waals surface area contributed by atoms with Crippen LogP contribution >= 0.6 is 0 Å². The molecular formula is C26H32O5. The molecule has 0 heterocycles. The molecule has 5 heteroatoms. The van der Waals surface area contributed by atoms with Gasteiger partial charge in [-0.05, 0) is 55.7 Å². The van der Waals surface area contributed by atoms with Crippen LogP contribution in [0.4, 0.5) is 0 Å². The Kier molecular flexibility index (Phi) is 8.95. The van der Waals surface area contributed by atoms with Crippen LogP contribution in [0.2, 0.25) is 0 Å². The first-order valence-corrected chi connectivity index (χ1v) is 11.4. The Labute approximate surface area is 184 Å². The van der Waals surface area contributed by atoms with E-state index in [1.165, 1.54) is 19.3 Å². The van der Waals surface area contributed by atoms with E-state index in [-0.39, 0.29) is 11.9 Å². The van der Waals surface area contributed by atoms with Crippen LogP contribution in [0.25, 0.3) is 0 Å². The lowest BCUT2D eigenvalue weighted by molar-refractivity contribution is -0.152. The summed E-state index contributed by atoms with van der Waals surface area (Å²) in [6, 6.07) is 16.1. The van der Waals surface area contributed by atoms with Gasteiger partial charge in [0.15, 0.2) is 0 Å². The Balaban J connectivity index is 1.53. The van der Waals surface area contributed by atoms with Crippen molar-refractivity contribution in [2.75, 3.05) is 6.61 Å². The summed E-state index contributed by atoms with van der Waals surface area (Å²) in [6.45, 7) is 2.87. The molecule has 0 N–H and O–H groups in total. The van der Waals surface area contributed by atoms with Gasteiger partial charge in [0.05, 0.1) is 18.4 Å². The Morgan fingerprint density at radius 3 is 1.87 bits per heavy atom. The van der Waals surface area contributed by atoms with Gasteiger partial charge in [0, 0.05) is 0 Å². The predicted molar refractivity (Wildman–Crippen MR) is 119 cm³/mol. The van der Waals surface area contributed by atoms with Gasteiger partial charge in [-0.3, -0.25) is 9.59 Å². The second-order valence-corrected chi connectivity index (χ2v) is 8.03. The maximum Gasteiger partial charge on any atom is 0.315 e. The first-order chi connectivity index (χ1) is 15.2. The highest BCUT2D eigenvalue weighted by Gasteiger charge is 2.38. The van der Waals surface area contributed by atoms with Crippen LogP contribution < -0.4 is 14.2 Å². The first-order valence-electron chi connectivity index (χ1n) is 11.4. The third-order valence-corrected chi connectivity index (χ3v) is 5.64. The van der Waals surface area contributed by atoms with Crippen molar-refractivity contribution in [3.8, 4) is 17.2 Å². The Bertz CT molecular complexity index is 815. The zero-order valence-electron chi connectivity index (χ0n) is 18.3. The van der Waals surface area contributed by atoms with Crippen LogP contribution in [0.5, 0.6) is 17.2 Å². The molecule has 0 aliphatic heterocycles. The largest absolute Gasteiger partial charge is 0.494 e. The lowest BCUT2D eigenvalue weighted by atomic mass is 9.79. The van der Waals surface area contributed by atoms with Crippen molar-refractivity contribution in [1.29, 1.82) is 0 Å². The second-order valence-electron chi connectivity index (χ2n) is 8.03. The van der Waals surface area contributed by atoms with Gasteiger partial charge in [-0.15, -0.1) is 0 Å². The van der Waals surface area contributed by atoms with Gasteiger partial charge in [-0.1, -0.05) is 57.2 Å². The normalized spacial score (nSPS) is 18.2. The summed E-state index contributed by atoms with van der Waals surface area (Å²) in [5.41, 5.74) is 0. The molecule has 0 amide bonds. The standard InChI is InChI=1S/C26H32O5/c1-2-3-4-10-19-29-20-15-17-22(18-16-20)31-26(28)24-14-9-8-13-23(24)25(27)30-21-11-6-5-7-12-21/h5-7,11-12,15-18,23-24H,2-4,8-10,13-14,19H2,1H3/t23-,24-/m1/s1. The third kappa shape index (κ3) is 7.12. The van der Waals surface area contributed by atoms with E-state index >= 15 is 0 Å². The summed E-state index contributed by atoms with van der Waals surface area (Å²) < 4.78 is 16.8. The fourth-order valence-electron chi connectivity index (χ4n) is 3.89. The van der Waals surface area contributed by atoms with Gasteiger partial charge in [-0.25, -0.2) is 0 Å². The topological polar surface area (TPSA) is 61.8 Å². The van der Waals surface area contributed by atoms with Crippen molar-refractivity contribution in [1.82, 2.24) is 0 Å². The summed E-state index contributed by atoms with van der Waals surface area (Å²) in [5.74, 6) is 0.0205. The van der Waals surface area contributed by atoms with Crippen LogP contribution in [0.1, 0.15) is 58.3 Å². The molecule has 5 nitrogen and oxygen atoms in total. The SMILES string of the molecule is CCCCCCOc1ccc(OC(=O)[C@@H]2CCCC[C@H]2C(=O)Oc2ccccc2)cc1. The third-order valence-electron chi connectivity index (χ3n) is 5.64. The Morgan fingerprint density at radius 1 is 0.742 bits per heavy atom. The molecule has 0 unspecified atom stereocenters. The molecule has 0 saturated heterocycles. The molecule has 2 aromatic rings. The lowest BCUT2D eigenvalue weighted by Crippen LogP contribution is -2.37. The van der Waals surface area contributed by atoms with Gasteiger partial charge in [-0.2, -0.15) is 0 Å². The molecule has 2 aromatic carbocycles. The van der Waals surface area contributed by atoms with Crippen LogP contribution in [-0.4, -0.2) is 18.5 Å². The Hall–Kier alpha value is -2.82. The fraction of sp³-hybridized carbons (Fsp3) is 0.462. The number of benzene rings is 2. The fourth-order valence-corrected chi connectivity index (χ4v) is 3.89. The van der Waals surface area contributed by atoms with Crippen molar-refractivity contribution in [3.63, 3.8) is 0 Å². The molecule has 1 aliphatic rings. The van der Waals surface area contributed by atoms with E-state index in [9.17, 15) is 9.59 Å². The van der Waals surface area contributed by atoms with Crippen molar-refractivity contribution in [3.05, 3.63) is 54.6 Å². The molecular weight excluding hydrogens is 392 g/mol. The van der Waals surface area contributed by atoms with E-state index in [4.69, 9.17) is 14.2 Å². The molecule has 1 saturated carbocycles. The lowest BCUT2D eigenvalue weighted by Gasteiger charge is -2.28. The zero-order chi connectivity index (χ0) is 21.9. The van der Waals surface area contributed by atoms with Gasteiger partial charge in [0.2, 0.25) is 0 Å². The molecule has 0 bridgehead atoms. The van der Waals surface area contributed by atoms with Crippen molar-refractivity contribution < 1.29 is 23.8 Å². The minimum Gasteiger partial charge on any atom is -0.494 e. The maximum absolute atomic E-state index is 12.8. The number of esters is 2. The molecule has 0 radical (unpaired) electrons. The van der Waals surface area contributed by atoms with E-state index in [2.05, 4.69) is 6.92 Å². The number of carbonyl (C=O) groups is 2. The molecule has 0 aromatic heterocycles. The van der Waals surface area contributed by atoms with Crippen LogP contribution in [0.15, 0.2) is 54.6 Å². The Morgan fingerprint density at radius 2 is 1.29 bits per heavy atom. The number of rotatable bonds is 10. The van der Waals surface area contributed by atoms with Gasteiger partial charge in [0.25, 0.3) is 0 Å². The average Bonchev–Trinajstić information content (AvgIpc) is 2.80. The van der Waals surface area contributed by atoms with E-state index in [1.807, 2.05) is 30.3 Å². The molecule has 1 fully saturated rings. The zero-order valence-corrected chi connectivity index (χ0v) is 18.3. The minimum absolute atomic E-state index is 0.361. The number of hydrogen-bond acceptors (Lipinski definition) is 5. The smallest absolute Gasteiger partial charge is 0.315 e.